The van der Waals surface area contributed by atoms with Crippen LogP contribution >= 0.6 is 23.2 Å². The average Bonchev–Trinajstić information content (AvgIpc) is 2.24. The highest BCUT2D eigenvalue weighted by molar-refractivity contribution is 6.17. The summed E-state index contributed by atoms with van der Waals surface area (Å²) in [4.78, 5) is 6.50. The van der Waals surface area contributed by atoms with Crippen LogP contribution in [0.5, 0.6) is 0 Å². The van der Waals surface area contributed by atoms with Gasteiger partial charge in [-0.05, 0) is 25.5 Å². The van der Waals surface area contributed by atoms with Crippen molar-refractivity contribution in [2.75, 3.05) is 24.4 Å². The van der Waals surface area contributed by atoms with E-state index in [0.717, 1.165) is 30.0 Å². The Morgan fingerprint density at radius 3 is 2.67 bits per heavy atom. The molecule has 0 atom stereocenters. The number of hydrogen-bond donors (Lipinski definition) is 0. The van der Waals surface area contributed by atoms with Gasteiger partial charge in [0, 0.05) is 30.9 Å². The van der Waals surface area contributed by atoms with Crippen molar-refractivity contribution >= 4 is 28.9 Å². The molecule has 1 heterocycles. The maximum Gasteiger partial charge on any atom is 0.0648 e. The van der Waals surface area contributed by atoms with Crippen molar-refractivity contribution in [3.05, 3.63) is 23.5 Å². The van der Waals surface area contributed by atoms with Gasteiger partial charge in [0.2, 0.25) is 0 Å². The molecule has 0 radical (unpaired) electrons. The molecule has 0 aliphatic carbocycles. The summed E-state index contributed by atoms with van der Waals surface area (Å²) in [6.07, 6.45) is 0.982. The van der Waals surface area contributed by atoms with Gasteiger partial charge in [-0.25, -0.2) is 0 Å². The number of hydrogen-bond acceptors (Lipinski definition) is 2. The van der Waals surface area contributed by atoms with Crippen LogP contribution in [-0.2, 0) is 5.88 Å². The predicted octanol–water partition coefficient (Wildman–Crippen LogP) is 3.19. The largest absolute Gasteiger partial charge is 0.374 e. The van der Waals surface area contributed by atoms with Gasteiger partial charge in [0.15, 0.2) is 0 Å². The third kappa shape index (κ3) is 3.88. The van der Waals surface area contributed by atoms with Gasteiger partial charge in [-0.3, -0.25) is 4.98 Å². The van der Waals surface area contributed by atoms with Crippen molar-refractivity contribution < 1.29 is 0 Å². The molecule has 0 saturated heterocycles. The first-order valence-electron chi connectivity index (χ1n) is 4.98. The van der Waals surface area contributed by atoms with Crippen LogP contribution in [0, 0.1) is 6.92 Å². The van der Waals surface area contributed by atoms with Gasteiger partial charge in [0.1, 0.15) is 0 Å². The number of rotatable bonds is 5. The molecule has 1 aromatic heterocycles. The second-order valence-corrected chi connectivity index (χ2v) is 4.20. The molecule has 1 aromatic rings. The quantitative estimate of drug-likeness (QED) is 0.743. The molecular weight excluding hydrogens is 231 g/mol. The number of alkyl halides is 2. The fourth-order valence-electron chi connectivity index (χ4n) is 1.43. The summed E-state index contributed by atoms with van der Waals surface area (Å²) in [6.45, 7) is 2.93. The molecule has 0 N–H and O–H groups in total. The number of halogens is 2. The Morgan fingerprint density at radius 2 is 2.07 bits per heavy atom. The van der Waals surface area contributed by atoms with Crippen LogP contribution < -0.4 is 4.90 Å². The summed E-state index contributed by atoms with van der Waals surface area (Å²) in [5, 5.41) is 0. The number of nitrogens with zero attached hydrogens (tertiary/aromatic N) is 2. The molecule has 0 spiro atoms. The van der Waals surface area contributed by atoms with Crippen LogP contribution in [0.4, 0.5) is 5.69 Å². The van der Waals surface area contributed by atoms with Crippen molar-refractivity contribution in [2.45, 2.75) is 19.2 Å². The Labute approximate surface area is 101 Å². The van der Waals surface area contributed by atoms with E-state index in [2.05, 4.69) is 23.0 Å². The number of aryl methyl sites for hydroxylation is 1. The van der Waals surface area contributed by atoms with E-state index < -0.39 is 0 Å². The van der Waals surface area contributed by atoms with E-state index in [0.29, 0.717) is 11.8 Å². The predicted molar refractivity (Wildman–Crippen MR) is 67.1 cm³/mol. The standard InChI is InChI=1S/C11H16Cl2N2/c1-9-6-11(7-10(8-13)14-9)15(2)5-3-4-12/h6-7H,3-5,8H2,1-2H3. The lowest BCUT2D eigenvalue weighted by atomic mass is 10.2. The molecule has 4 heteroatoms. The molecule has 2 nitrogen and oxygen atoms in total. The second-order valence-electron chi connectivity index (χ2n) is 3.56. The number of pyridine rings is 1. The molecule has 0 fully saturated rings. The van der Waals surface area contributed by atoms with Crippen LogP contribution in [0.15, 0.2) is 12.1 Å². The third-order valence-corrected chi connectivity index (χ3v) is 2.74. The summed E-state index contributed by atoms with van der Waals surface area (Å²) in [6, 6.07) is 4.08. The normalized spacial score (nSPS) is 10.4. The minimum Gasteiger partial charge on any atom is -0.374 e. The minimum absolute atomic E-state index is 0.456. The Balaban J connectivity index is 2.78. The van der Waals surface area contributed by atoms with Gasteiger partial charge in [0.25, 0.3) is 0 Å². The van der Waals surface area contributed by atoms with Gasteiger partial charge in [-0.1, -0.05) is 0 Å². The zero-order valence-corrected chi connectivity index (χ0v) is 10.6. The van der Waals surface area contributed by atoms with E-state index in [1.165, 1.54) is 0 Å². The Morgan fingerprint density at radius 1 is 1.33 bits per heavy atom. The second kappa shape index (κ2) is 6.19. The fraction of sp³-hybridized carbons (Fsp3) is 0.545. The van der Waals surface area contributed by atoms with E-state index >= 15 is 0 Å². The first-order chi connectivity index (χ1) is 7.17. The van der Waals surface area contributed by atoms with Crippen LogP contribution in [-0.4, -0.2) is 24.5 Å². The summed E-state index contributed by atoms with van der Waals surface area (Å²) in [7, 11) is 2.05. The molecule has 0 aromatic carbocycles. The number of aromatic nitrogens is 1. The lowest BCUT2D eigenvalue weighted by molar-refractivity contribution is 0.852. The Kier molecular flexibility index (Phi) is 5.20. The van der Waals surface area contributed by atoms with Crippen LogP contribution in [0.3, 0.4) is 0 Å². The van der Waals surface area contributed by atoms with Crippen molar-refractivity contribution in [2.24, 2.45) is 0 Å². The van der Waals surface area contributed by atoms with Crippen LogP contribution in [0.2, 0.25) is 0 Å². The molecule has 0 aliphatic heterocycles. The van der Waals surface area contributed by atoms with Crippen molar-refractivity contribution in [1.29, 1.82) is 0 Å². The van der Waals surface area contributed by atoms with Gasteiger partial charge in [-0.2, -0.15) is 0 Å². The smallest absolute Gasteiger partial charge is 0.0648 e. The summed E-state index contributed by atoms with van der Waals surface area (Å²) >= 11 is 11.4. The molecule has 84 valence electrons. The lowest BCUT2D eigenvalue weighted by Crippen LogP contribution is -2.19. The molecule has 0 bridgehead atoms. The van der Waals surface area contributed by atoms with Crippen LogP contribution in [0.25, 0.3) is 0 Å². The zero-order valence-electron chi connectivity index (χ0n) is 9.13. The highest BCUT2D eigenvalue weighted by Gasteiger charge is 2.03. The fourth-order valence-corrected chi connectivity index (χ4v) is 1.69. The molecule has 0 saturated carbocycles. The first-order valence-corrected chi connectivity index (χ1v) is 6.05. The topological polar surface area (TPSA) is 16.1 Å². The molecule has 0 amide bonds. The summed E-state index contributed by atoms with van der Waals surface area (Å²) in [5.74, 6) is 1.15. The summed E-state index contributed by atoms with van der Waals surface area (Å²) < 4.78 is 0. The van der Waals surface area contributed by atoms with E-state index in [4.69, 9.17) is 23.2 Å². The molecule has 15 heavy (non-hydrogen) atoms. The molecular formula is C11H16Cl2N2. The van der Waals surface area contributed by atoms with Gasteiger partial charge < -0.3 is 4.90 Å². The van der Waals surface area contributed by atoms with E-state index in [9.17, 15) is 0 Å². The SMILES string of the molecule is Cc1cc(N(C)CCCCl)cc(CCl)n1. The van der Waals surface area contributed by atoms with Gasteiger partial charge in [-0.15, -0.1) is 23.2 Å². The van der Waals surface area contributed by atoms with Gasteiger partial charge >= 0.3 is 0 Å². The maximum atomic E-state index is 5.78. The summed E-state index contributed by atoms with van der Waals surface area (Å²) in [5.41, 5.74) is 3.08. The van der Waals surface area contributed by atoms with Crippen molar-refractivity contribution in [3.63, 3.8) is 0 Å². The first kappa shape index (κ1) is 12.6. The Hall–Kier alpha value is -0.470. The average molecular weight is 247 g/mol. The maximum absolute atomic E-state index is 5.78. The zero-order chi connectivity index (χ0) is 11.3. The minimum atomic E-state index is 0.456. The van der Waals surface area contributed by atoms with E-state index in [1.807, 2.05) is 13.0 Å². The van der Waals surface area contributed by atoms with Crippen molar-refractivity contribution in [1.82, 2.24) is 4.98 Å². The number of anilines is 1. The highest BCUT2D eigenvalue weighted by Crippen LogP contribution is 2.16. The lowest BCUT2D eigenvalue weighted by Gasteiger charge is -2.19. The van der Waals surface area contributed by atoms with Crippen LogP contribution in [0.1, 0.15) is 17.8 Å². The van der Waals surface area contributed by atoms with Crippen molar-refractivity contribution in [3.8, 4) is 0 Å². The van der Waals surface area contributed by atoms with Gasteiger partial charge in [0.05, 0.1) is 11.6 Å². The molecule has 0 unspecified atom stereocenters. The molecule has 1 rings (SSSR count). The van der Waals surface area contributed by atoms with E-state index in [-0.39, 0.29) is 0 Å². The molecule has 0 aliphatic rings. The van der Waals surface area contributed by atoms with E-state index in [1.54, 1.807) is 0 Å². The monoisotopic (exact) mass is 246 g/mol. The highest BCUT2D eigenvalue weighted by atomic mass is 35.5. The Bertz CT molecular complexity index is 315. The third-order valence-electron chi connectivity index (χ3n) is 2.20.